The van der Waals surface area contributed by atoms with Gasteiger partial charge in [0, 0.05) is 44.5 Å². The average molecular weight is 509 g/mol. The van der Waals surface area contributed by atoms with Gasteiger partial charge in [-0.15, -0.1) is 24.0 Å². The second kappa shape index (κ2) is 11.2. The topological polar surface area (TPSA) is 79.8 Å². The molecule has 2 N–H and O–H groups in total. The van der Waals surface area contributed by atoms with E-state index in [9.17, 15) is 8.42 Å². The Hall–Kier alpha value is -0.870. The fourth-order valence-corrected chi connectivity index (χ4v) is 4.05. The zero-order chi connectivity index (χ0) is 19.0. The first-order valence-electron chi connectivity index (χ1n) is 9.13. The number of sulfone groups is 1. The summed E-state index contributed by atoms with van der Waals surface area (Å²) >= 11 is 0. The van der Waals surface area contributed by atoms with Gasteiger partial charge in [-0.3, -0.25) is 4.99 Å². The van der Waals surface area contributed by atoms with Crippen LogP contribution < -0.4 is 10.6 Å². The SMILES string of the molecule is CN=C(NCC1(c2ccccc2)CCOCC1)NC(C)CCS(C)(=O)=O.I. The van der Waals surface area contributed by atoms with Crippen LogP contribution >= 0.6 is 24.0 Å². The normalized spacial score (nSPS) is 18.3. The molecule has 1 saturated heterocycles. The highest BCUT2D eigenvalue weighted by Gasteiger charge is 2.34. The Kier molecular flexibility index (Phi) is 10.0. The minimum atomic E-state index is -2.95. The Morgan fingerprint density at radius 1 is 1.26 bits per heavy atom. The zero-order valence-corrected chi connectivity index (χ0v) is 19.5. The summed E-state index contributed by atoms with van der Waals surface area (Å²) < 4.78 is 28.3. The van der Waals surface area contributed by atoms with Crippen molar-refractivity contribution in [1.82, 2.24) is 10.6 Å². The van der Waals surface area contributed by atoms with E-state index in [1.165, 1.54) is 11.8 Å². The Balaban J connectivity index is 0.00000364. The van der Waals surface area contributed by atoms with Gasteiger partial charge in [-0.05, 0) is 31.7 Å². The molecule has 6 nitrogen and oxygen atoms in total. The van der Waals surface area contributed by atoms with Gasteiger partial charge < -0.3 is 15.4 Å². The summed E-state index contributed by atoms with van der Waals surface area (Å²) in [6.07, 6.45) is 3.74. The van der Waals surface area contributed by atoms with Crippen molar-refractivity contribution in [2.75, 3.05) is 38.8 Å². The number of nitrogens with one attached hydrogen (secondary N) is 2. The van der Waals surface area contributed by atoms with Crippen molar-refractivity contribution >= 4 is 39.8 Å². The summed E-state index contributed by atoms with van der Waals surface area (Å²) in [5.74, 6) is 0.872. The fraction of sp³-hybridized carbons (Fsp3) is 0.632. The third-order valence-corrected chi connectivity index (χ3v) is 5.94. The lowest BCUT2D eigenvalue weighted by Gasteiger charge is -2.38. The van der Waals surface area contributed by atoms with E-state index in [1.54, 1.807) is 7.05 Å². The van der Waals surface area contributed by atoms with E-state index in [0.29, 0.717) is 12.4 Å². The molecule has 0 saturated carbocycles. The summed E-state index contributed by atoms with van der Waals surface area (Å²) in [7, 11) is -1.22. The van der Waals surface area contributed by atoms with Crippen molar-refractivity contribution < 1.29 is 13.2 Å². The van der Waals surface area contributed by atoms with Crippen LogP contribution in [-0.4, -0.2) is 59.2 Å². The predicted octanol–water partition coefficient (Wildman–Crippen LogP) is 2.34. The van der Waals surface area contributed by atoms with Crippen LogP contribution in [0.3, 0.4) is 0 Å². The molecule has 1 atom stereocenters. The molecule has 154 valence electrons. The lowest BCUT2D eigenvalue weighted by atomic mass is 9.74. The second-order valence-electron chi connectivity index (χ2n) is 7.15. The average Bonchev–Trinajstić information content (AvgIpc) is 2.64. The van der Waals surface area contributed by atoms with Crippen molar-refractivity contribution in [3.63, 3.8) is 0 Å². The van der Waals surface area contributed by atoms with E-state index in [4.69, 9.17) is 4.74 Å². The number of aliphatic imine (C=N–C) groups is 1. The number of guanidine groups is 1. The summed E-state index contributed by atoms with van der Waals surface area (Å²) in [6, 6.07) is 10.6. The molecule has 1 aromatic carbocycles. The van der Waals surface area contributed by atoms with Gasteiger partial charge in [-0.2, -0.15) is 0 Å². The van der Waals surface area contributed by atoms with Crippen molar-refractivity contribution in [3.8, 4) is 0 Å². The largest absolute Gasteiger partial charge is 0.381 e. The van der Waals surface area contributed by atoms with E-state index in [1.807, 2.05) is 13.0 Å². The van der Waals surface area contributed by atoms with Crippen molar-refractivity contribution in [3.05, 3.63) is 35.9 Å². The molecule has 1 aromatic rings. The van der Waals surface area contributed by atoms with Crippen molar-refractivity contribution in [2.45, 2.75) is 37.6 Å². The molecule has 1 unspecified atom stereocenters. The smallest absolute Gasteiger partial charge is 0.191 e. The third kappa shape index (κ3) is 7.95. The van der Waals surface area contributed by atoms with Crippen LogP contribution in [0.15, 0.2) is 35.3 Å². The van der Waals surface area contributed by atoms with Crippen molar-refractivity contribution in [1.29, 1.82) is 0 Å². The number of halogens is 1. The van der Waals surface area contributed by atoms with Gasteiger partial charge in [-0.1, -0.05) is 30.3 Å². The van der Waals surface area contributed by atoms with Crippen LogP contribution in [0.5, 0.6) is 0 Å². The standard InChI is InChI=1S/C19H31N3O3S.HI/c1-16(9-14-26(3,23)24)22-18(20-2)21-15-19(10-12-25-13-11-19)17-7-5-4-6-8-17;/h4-8,16H,9-15H2,1-3H3,(H2,20,21,22);1H. The van der Waals surface area contributed by atoms with Gasteiger partial charge in [0.05, 0.1) is 5.75 Å². The molecule has 1 heterocycles. The molecular weight excluding hydrogens is 477 g/mol. The zero-order valence-electron chi connectivity index (χ0n) is 16.4. The maximum Gasteiger partial charge on any atom is 0.191 e. The molecule has 2 rings (SSSR count). The lowest BCUT2D eigenvalue weighted by Crippen LogP contribution is -2.49. The minimum absolute atomic E-state index is 0. The van der Waals surface area contributed by atoms with Crippen LogP contribution in [0.1, 0.15) is 31.7 Å². The molecular formula is C19H32IN3O3S. The Bertz CT molecular complexity index is 689. The van der Waals surface area contributed by atoms with E-state index >= 15 is 0 Å². The van der Waals surface area contributed by atoms with Crippen LogP contribution in [0, 0.1) is 0 Å². The van der Waals surface area contributed by atoms with E-state index in [0.717, 1.165) is 32.6 Å². The van der Waals surface area contributed by atoms with Gasteiger partial charge in [0.2, 0.25) is 0 Å². The van der Waals surface area contributed by atoms with Crippen LogP contribution in [-0.2, 0) is 20.0 Å². The highest BCUT2D eigenvalue weighted by Crippen LogP contribution is 2.34. The number of rotatable bonds is 7. The molecule has 1 aliphatic rings. The maximum atomic E-state index is 11.3. The van der Waals surface area contributed by atoms with Crippen LogP contribution in [0.25, 0.3) is 0 Å². The fourth-order valence-electron chi connectivity index (χ4n) is 3.27. The molecule has 27 heavy (non-hydrogen) atoms. The van der Waals surface area contributed by atoms with Crippen LogP contribution in [0.2, 0.25) is 0 Å². The number of hydrogen-bond donors (Lipinski definition) is 2. The van der Waals surface area contributed by atoms with E-state index < -0.39 is 9.84 Å². The lowest BCUT2D eigenvalue weighted by molar-refractivity contribution is 0.0513. The van der Waals surface area contributed by atoms with E-state index in [2.05, 4.69) is 39.9 Å². The Labute approximate surface area is 180 Å². The highest BCUT2D eigenvalue weighted by atomic mass is 127. The summed E-state index contributed by atoms with van der Waals surface area (Å²) in [5.41, 5.74) is 1.34. The highest BCUT2D eigenvalue weighted by molar-refractivity contribution is 14.0. The van der Waals surface area contributed by atoms with Gasteiger partial charge >= 0.3 is 0 Å². The van der Waals surface area contributed by atoms with Gasteiger partial charge in [0.1, 0.15) is 9.84 Å². The molecule has 0 spiro atoms. The monoisotopic (exact) mass is 509 g/mol. The van der Waals surface area contributed by atoms with E-state index in [-0.39, 0.29) is 41.2 Å². The summed E-state index contributed by atoms with van der Waals surface area (Å²) in [6.45, 7) is 4.25. The molecule has 0 aromatic heterocycles. The minimum Gasteiger partial charge on any atom is -0.381 e. The Morgan fingerprint density at radius 2 is 1.89 bits per heavy atom. The summed E-state index contributed by atoms with van der Waals surface area (Å²) in [4.78, 5) is 4.30. The number of hydrogen-bond acceptors (Lipinski definition) is 4. The molecule has 0 bridgehead atoms. The molecule has 0 radical (unpaired) electrons. The molecule has 0 aliphatic carbocycles. The first-order chi connectivity index (χ1) is 12.3. The first-order valence-corrected chi connectivity index (χ1v) is 11.2. The molecule has 1 aliphatic heterocycles. The van der Waals surface area contributed by atoms with Gasteiger partial charge in [0.15, 0.2) is 5.96 Å². The number of ether oxygens (including phenoxy) is 1. The third-order valence-electron chi connectivity index (χ3n) is 4.96. The van der Waals surface area contributed by atoms with Gasteiger partial charge in [-0.25, -0.2) is 8.42 Å². The predicted molar refractivity (Wildman–Crippen MR) is 122 cm³/mol. The quantitative estimate of drug-likeness (QED) is 0.335. The molecule has 8 heteroatoms. The van der Waals surface area contributed by atoms with Crippen molar-refractivity contribution in [2.24, 2.45) is 4.99 Å². The van der Waals surface area contributed by atoms with Crippen LogP contribution in [0.4, 0.5) is 0 Å². The molecule has 1 fully saturated rings. The first kappa shape index (κ1) is 24.2. The Morgan fingerprint density at radius 3 is 2.44 bits per heavy atom. The molecule has 0 amide bonds. The number of benzene rings is 1. The number of nitrogens with zero attached hydrogens (tertiary/aromatic N) is 1. The second-order valence-corrected chi connectivity index (χ2v) is 9.41. The van der Waals surface area contributed by atoms with Gasteiger partial charge in [0.25, 0.3) is 0 Å². The maximum absolute atomic E-state index is 11.3. The summed E-state index contributed by atoms with van der Waals surface area (Å²) in [5, 5.41) is 6.73.